The Morgan fingerprint density at radius 3 is 1.97 bits per heavy atom. The highest BCUT2D eigenvalue weighted by Gasteiger charge is 2.16. The first-order valence-electron chi connectivity index (χ1n) is 9.63. The summed E-state index contributed by atoms with van der Waals surface area (Å²) in [6.07, 6.45) is 0. The van der Waals surface area contributed by atoms with Crippen LogP contribution in [0.5, 0.6) is 23.0 Å². The number of nitrogens with zero attached hydrogens (tertiary/aromatic N) is 1. The molecule has 32 heavy (non-hydrogen) atoms. The first-order chi connectivity index (χ1) is 15.1. The van der Waals surface area contributed by atoms with Gasteiger partial charge in [-0.3, -0.25) is 0 Å². The second-order valence-corrected chi connectivity index (χ2v) is 7.24. The van der Waals surface area contributed by atoms with Crippen molar-refractivity contribution in [2.24, 2.45) is 0 Å². The number of aromatic nitrogens is 1. The molecule has 0 aliphatic carbocycles. The molecule has 0 atom stereocenters. The second-order valence-electron chi connectivity index (χ2n) is 6.83. The van der Waals surface area contributed by atoms with E-state index in [1.54, 1.807) is 28.4 Å². The summed E-state index contributed by atoms with van der Waals surface area (Å²) in [5.74, 6) is 2.56. The van der Waals surface area contributed by atoms with Crippen LogP contribution in [0.1, 0.15) is 0 Å². The third-order valence-corrected chi connectivity index (χ3v) is 5.47. The molecular weight excluding hydrogens is 449 g/mol. The van der Waals surface area contributed by atoms with Gasteiger partial charge in [-0.05, 0) is 47.9 Å². The molecule has 7 heteroatoms. The highest BCUT2D eigenvalue weighted by Crippen LogP contribution is 2.40. The molecule has 3 aromatic carbocycles. The number of fused-ring (bicyclic) bond motifs is 1. The largest absolute Gasteiger partial charge is 0.493 e. The molecule has 0 spiro atoms. The Labute approximate surface area is 198 Å². The lowest BCUT2D eigenvalue weighted by atomic mass is 10.00. The highest BCUT2D eigenvalue weighted by atomic mass is 35.5. The zero-order valence-electron chi connectivity index (χ0n) is 18.1. The minimum Gasteiger partial charge on any atom is -0.493 e. The topological polar surface area (TPSA) is 49.8 Å². The fraction of sp³-hybridized carbons (Fsp3) is 0.160. The fourth-order valence-electron chi connectivity index (χ4n) is 3.58. The van der Waals surface area contributed by atoms with E-state index >= 15 is 0 Å². The summed E-state index contributed by atoms with van der Waals surface area (Å²) in [6, 6.07) is 19.3. The first-order valence-corrected chi connectivity index (χ1v) is 10.0. The Morgan fingerprint density at radius 1 is 0.688 bits per heavy atom. The fourth-order valence-corrected chi connectivity index (χ4v) is 3.81. The molecule has 1 heterocycles. The van der Waals surface area contributed by atoms with Gasteiger partial charge in [0.2, 0.25) is 0 Å². The molecule has 0 N–H and O–H groups in total. The maximum atomic E-state index is 6.54. The van der Waals surface area contributed by atoms with E-state index in [1.807, 2.05) is 60.7 Å². The SMILES string of the molecule is COc1ccc(-c2cc3cc(OC)c(OC)cc3c(-c3ccccc3Cl)n2)cc1OC.Cl. The molecule has 0 aliphatic heterocycles. The Kier molecular flexibility index (Phi) is 7.33. The van der Waals surface area contributed by atoms with Crippen LogP contribution in [-0.4, -0.2) is 33.4 Å². The molecule has 4 rings (SSSR count). The third kappa shape index (κ3) is 4.27. The molecule has 0 radical (unpaired) electrons. The number of rotatable bonds is 6. The predicted molar refractivity (Wildman–Crippen MR) is 131 cm³/mol. The van der Waals surface area contributed by atoms with Crippen LogP contribution < -0.4 is 18.9 Å². The van der Waals surface area contributed by atoms with E-state index in [0.717, 1.165) is 33.3 Å². The normalized spacial score (nSPS) is 10.4. The van der Waals surface area contributed by atoms with Crippen molar-refractivity contribution in [1.82, 2.24) is 4.98 Å². The molecule has 1 aromatic heterocycles. The summed E-state index contributed by atoms with van der Waals surface area (Å²) < 4.78 is 21.9. The molecule has 5 nitrogen and oxygen atoms in total. The van der Waals surface area contributed by atoms with Crippen molar-refractivity contribution in [1.29, 1.82) is 0 Å². The zero-order chi connectivity index (χ0) is 22.0. The van der Waals surface area contributed by atoms with Crippen LogP contribution in [0.25, 0.3) is 33.3 Å². The number of pyridine rings is 1. The van der Waals surface area contributed by atoms with Gasteiger partial charge < -0.3 is 18.9 Å². The number of methoxy groups -OCH3 is 4. The van der Waals surface area contributed by atoms with E-state index in [1.165, 1.54) is 0 Å². The Balaban J connectivity index is 0.00000289. The summed E-state index contributed by atoms with van der Waals surface area (Å²) in [5.41, 5.74) is 3.26. The Morgan fingerprint density at radius 2 is 1.31 bits per heavy atom. The van der Waals surface area contributed by atoms with Gasteiger partial charge in [-0.2, -0.15) is 0 Å². The lowest BCUT2D eigenvalue weighted by molar-refractivity contribution is 0.355. The smallest absolute Gasteiger partial charge is 0.161 e. The van der Waals surface area contributed by atoms with Crippen LogP contribution in [0.4, 0.5) is 0 Å². The van der Waals surface area contributed by atoms with E-state index in [2.05, 4.69) is 0 Å². The van der Waals surface area contributed by atoms with Crippen molar-refractivity contribution in [3.05, 3.63) is 65.7 Å². The third-order valence-electron chi connectivity index (χ3n) is 5.14. The van der Waals surface area contributed by atoms with Crippen LogP contribution >= 0.6 is 24.0 Å². The van der Waals surface area contributed by atoms with Crippen molar-refractivity contribution in [2.45, 2.75) is 0 Å². The number of ether oxygens (including phenoxy) is 4. The van der Waals surface area contributed by atoms with E-state index in [0.29, 0.717) is 28.0 Å². The standard InChI is InChI=1S/C25H22ClNO4.ClH/c1-28-21-10-9-15(12-22(21)29-2)20-11-16-13-23(30-3)24(31-4)14-18(16)25(27-20)17-7-5-6-8-19(17)26;/h5-14H,1-4H3;1H. The van der Waals surface area contributed by atoms with Gasteiger partial charge in [-0.1, -0.05) is 29.8 Å². The molecule has 0 fully saturated rings. The van der Waals surface area contributed by atoms with Gasteiger partial charge in [-0.25, -0.2) is 4.98 Å². The average Bonchev–Trinajstić information content (AvgIpc) is 2.82. The minimum atomic E-state index is 0. The highest BCUT2D eigenvalue weighted by molar-refractivity contribution is 6.33. The van der Waals surface area contributed by atoms with Crippen molar-refractivity contribution >= 4 is 34.8 Å². The number of benzene rings is 3. The molecule has 0 amide bonds. The maximum Gasteiger partial charge on any atom is 0.161 e. The van der Waals surface area contributed by atoms with Crippen LogP contribution in [0.2, 0.25) is 5.02 Å². The first kappa shape index (κ1) is 23.5. The van der Waals surface area contributed by atoms with Crippen molar-refractivity contribution < 1.29 is 18.9 Å². The maximum absolute atomic E-state index is 6.54. The number of hydrogen-bond acceptors (Lipinski definition) is 5. The van der Waals surface area contributed by atoms with Gasteiger partial charge >= 0.3 is 0 Å². The van der Waals surface area contributed by atoms with Gasteiger partial charge in [-0.15, -0.1) is 12.4 Å². The molecule has 0 bridgehead atoms. The lowest BCUT2D eigenvalue weighted by Crippen LogP contribution is -1.96. The van der Waals surface area contributed by atoms with E-state index < -0.39 is 0 Å². The molecular formula is C25H23Cl2NO4. The van der Waals surface area contributed by atoms with Crippen molar-refractivity contribution in [3.63, 3.8) is 0 Å². The van der Waals surface area contributed by atoms with Crippen LogP contribution in [-0.2, 0) is 0 Å². The summed E-state index contributed by atoms with van der Waals surface area (Å²) in [4.78, 5) is 4.99. The van der Waals surface area contributed by atoms with Gasteiger partial charge in [0, 0.05) is 21.5 Å². The van der Waals surface area contributed by atoms with Crippen LogP contribution in [0.3, 0.4) is 0 Å². The molecule has 0 saturated carbocycles. The van der Waals surface area contributed by atoms with Crippen LogP contribution in [0.15, 0.2) is 60.7 Å². The predicted octanol–water partition coefficient (Wildman–Crippen LogP) is 6.68. The van der Waals surface area contributed by atoms with E-state index in [-0.39, 0.29) is 12.4 Å². The molecule has 4 aromatic rings. The van der Waals surface area contributed by atoms with Gasteiger partial charge in [0.25, 0.3) is 0 Å². The quantitative estimate of drug-likeness (QED) is 0.313. The summed E-state index contributed by atoms with van der Waals surface area (Å²) >= 11 is 6.54. The van der Waals surface area contributed by atoms with Gasteiger partial charge in [0.05, 0.1) is 39.8 Å². The minimum absolute atomic E-state index is 0. The molecule has 0 unspecified atom stereocenters. The van der Waals surface area contributed by atoms with E-state index in [4.69, 9.17) is 35.5 Å². The van der Waals surface area contributed by atoms with Crippen molar-refractivity contribution in [3.8, 4) is 45.5 Å². The van der Waals surface area contributed by atoms with E-state index in [9.17, 15) is 0 Å². The van der Waals surface area contributed by atoms with Crippen molar-refractivity contribution in [2.75, 3.05) is 28.4 Å². The second kappa shape index (κ2) is 9.98. The monoisotopic (exact) mass is 471 g/mol. The average molecular weight is 472 g/mol. The summed E-state index contributed by atoms with van der Waals surface area (Å²) in [6.45, 7) is 0. The molecule has 166 valence electrons. The summed E-state index contributed by atoms with van der Waals surface area (Å²) in [7, 11) is 6.46. The lowest BCUT2D eigenvalue weighted by Gasteiger charge is -2.15. The summed E-state index contributed by atoms with van der Waals surface area (Å²) in [5, 5.41) is 2.48. The Hall–Kier alpha value is -3.15. The van der Waals surface area contributed by atoms with Gasteiger partial charge in [0.1, 0.15) is 0 Å². The van der Waals surface area contributed by atoms with Gasteiger partial charge in [0.15, 0.2) is 23.0 Å². The molecule has 0 saturated heterocycles. The number of halogens is 2. The Bertz CT molecular complexity index is 1260. The van der Waals surface area contributed by atoms with Crippen LogP contribution in [0, 0.1) is 0 Å². The molecule has 0 aliphatic rings. The zero-order valence-corrected chi connectivity index (χ0v) is 19.7. The number of hydrogen-bond donors (Lipinski definition) is 0.